The number of H-pyrrole nitrogens is 1. The molecule has 1 aliphatic rings. The van der Waals surface area contributed by atoms with Crippen LogP contribution >= 0.6 is 11.8 Å². The van der Waals surface area contributed by atoms with Gasteiger partial charge in [-0.2, -0.15) is 20.1 Å². The van der Waals surface area contributed by atoms with Crippen LogP contribution in [0.3, 0.4) is 0 Å². The average Bonchev–Trinajstić information content (AvgIpc) is 3.53. The molecule has 0 unspecified atom stereocenters. The van der Waals surface area contributed by atoms with Crippen LogP contribution in [0.2, 0.25) is 0 Å². The molecule has 0 spiro atoms. The number of hydrogen-bond acceptors (Lipinski definition) is 10. The number of aromatic nitrogens is 5. The Kier molecular flexibility index (Phi) is 6.51. The number of nitrogens with zero attached hydrogens (tertiary/aromatic N) is 6. The molecule has 1 aliphatic heterocycles. The van der Waals surface area contributed by atoms with Gasteiger partial charge in [0.2, 0.25) is 11.9 Å². The number of furan rings is 1. The molecule has 0 saturated carbocycles. The van der Waals surface area contributed by atoms with Crippen LogP contribution in [-0.2, 0) is 0 Å². The van der Waals surface area contributed by atoms with Crippen molar-refractivity contribution in [2.24, 2.45) is 0 Å². The molecule has 0 bridgehead atoms. The first-order valence-corrected chi connectivity index (χ1v) is 11.5. The van der Waals surface area contributed by atoms with Gasteiger partial charge in [-0.3, -0.25) is 10.00 Å². The topological polar surface area (TPSA) is 119 Å². The summed E-state index contributed by atoms with van der Waals surface area (Å²) < 4.78 is 5.42. The number of nitrogens with one attached hydrogen (secondary N) is 2. The molecule has 1 fully saturated rings. The lowest BCUT2D eigenvalue weighted by Crippen LogP contribution is -2.47. The zero-order chi connectivity index (χ0) is 22.5. The minimum Gasteiger partial charge on any atom is -0.463 e. The van der Waals surface area contributed by atoms with E-state index in [9.17, 15) is 5.11 Å². The van der Waals surface area contributed by atoms with Gasteiger partial charge in [0.15, 0.2) is 16.7 Å². The highest BCUT2D eigenvalue weighted by atomic mass is 32.2. The standard InChI is InChI=1S/C22H24N8O2S/c31-13-12-29-8-10-30(11-9-29)21-24-20(25-22(26-21)33-16-5-2-1-3-6-16)23-19-15-17(27-28-19)18-7-4-14-32-18/h1-7,14-15,31H,8-13H2,(H2,23,24,25,26,27,28). The third kappa shape index (κ3) is 5.33. The van der Waals surface area contributed by atoms with Crippen molar-refractivity contribution >= 4 is 29.5 Å². The smallest absolute Gasteiger partial charge is 0.234 e. The zero-order valence-electron chi connectivity index (χ0n) is 17.9. The predicted octanol–water partition coefficient (Wildman–Crippen LogP) is 2.86. The summed E-state index contributed by atoms with van der Waals surface area (Å²) in [5.41, 5.74) is 0.760. The summed E-state index contributed by atoms with van der Waals surface area (Å²) in [6, 6.07) is 15.6. The molecule has 1 saturated heterocycles. The molecule has 3 aromatic heterocycles. The number of anilines is 3. The lowest BCUT2D eigenvalue weighted by molar-refractivity contribution is 0.188. The fourth-order valence-corrected chi connectivity index (χ4v) is 4.32. The summed E-state index contributed by atoms with van der Waals surface area (Å²) in [5, 5.41) is 20.3. The normalized spacial score (nSPS) is 14.5. The number of aromatic amines is 1. The predicted molar refractivity (Wildman–Crippen MR) is 126 cm³/mol. The second-order valence-electron chi connectivity index (χ2n) is 7.48. The zero-order valence-corrected chi connectivity index (χ0v) is 18.7. The molecule has 11 heteroatoms. The van der Waals surface area contributed by atoms with Crippen LogP contribution in [0, 0.1) is 0 Å². The van der Waals surface area contributed by atoms with Gasteiger partial charge in [0.05, 0.1) is 12.9 Å². The average molecular weight is 465 g/mol. The highest BCUT2D eigenvalue weighted by molar-refractivity contribution is 7.99. The van der Waals surface area contributed by atoms with E-state index in [2.05, 4.69) is 35.3 Å². The van der Waals surface area contributed by atoms with Crippen molar-refractivity contribution in [1.29, 1.82) is 0 Å². The first-order valence-electron chi connectivity index (χ1n) is 10.7. The molecule has 170 valence electrons. The third-order valence-electron chi connectivity index (χ3n) is 5.23. The van der Waals surface area contributed by atoms with Gasteiger partial charge in [-0.05, 0) is 36.0 Å². The summed E-state index contributed by atoms with van der Waals surface area (Å²) >= 11 is 1.49. The summed E-state index contributed by atoms with van der Waals surface area (Å²) in [7, 11) is 0. The molecule has 0 atom stereocenters. The van der Waals surface area contributed by atoms with Crippen LogP contribution < -0.4 is 10.2 Å². The van der Waals surface area contributed by atoms with Crippen molar-refractivity contribution in [3.05, 3.63) is 54.8 Å². The van der Waals surface area contributed by atoms with Gasteiger partial charge < -0.3 is 19.7 Å². The summed E-state index contributed by atoms with van der Waals surface area (Å²) in [6.07, 6.45) is 1.62. The summed E-state index contributed by atoms with van der Waals surface area (Å²) in [5.74, 6) is 2.33. The fourth-order valence-electron chi connectivity index (χ4n) is 3.55. The maximum atomic E-state index is 9.20. The molecule has 33 heavy (non-hydrogen) atoms. The van der Waals surface area contributed by atoms with E-state index in [-0.39, 0.29) is 6.61 Å². The highest BCUT2D eigenvalue weighted by Gasteiger charge is 2.21. The van der Waals surface area contributed by atoms with E-state index in [1.54, 1.807) is 6.26 Å². The van der Waals surface area contributed by atoms with E-state index in [4.69, 9.17) is 9.40 Å². The Balaban J connectivity index is 1.39. The molecule has 4 aromatic rings. The summed E-state index contributed by atoms with van der Waals surface area (Å²) in [6.45, 7) is 4.11. The Hall–Kier alpha value is -3.41. The molecule has 3 N–H and O–H groups in total. The number of rotatable bonds is 8. The van der Waals surface area contributed by atoms with Crippen molar-refractivity contribution in [1.82, 2.24) is 30.0 Å². The maximum Gasteiger partial charge on any atom is 0.234 e. The Morgan fingerprint density at radius 2 is 1.88 bits per heavy atom. The first kappa shape index (κ1) is 21.4. The molecule has 1 aromatic carbocycles. The molecular weight excluding hydrogens is 440 g/mol. The van der Waals surface area contributed by atoms with Gasteiger partial charge in [0.25, 0.3) is 0 Å². The van der Waals surface area contributed by atoms with E-state index in [1.165, 1.54) is 11.8 Å². The van der Waals surface area contributed by atoms with Crippen molar-refractivity contribution in [3.8, 4) is 11.5 Å². The SMILES string of the molecule is OCCN1CCN(c2nc(Nc3cc(-c4ccco4)[nH]n3)nc(Sc3ccccc3)n2)CC1. The van der Waals surface area contributed by atoms with Crippen LogP contribution in [0.4, 0.5) is 17.7 Å². The first-order chi connectivity index (χ1) is 16.3. The third-order valence-corrected chi connectivity index (χ3v) is 6.10. The lowest BCUT2D eigenvalue weighted by atomic mass is 10.3. The number of aliphatic hydroxyl groups excluding tert-OH is 1. The van der Waals surface area contributed by atoms with Crippen LogP contribution in [0.25, 0.3) is 11.5 Å². The van der Waals surface area contributed by atoms with Crippen LogP contribution in [0.15, 0.2) is 69.3 Å². The summed E-state index contributed by atoms with van der Waals surface area (Å²) in [4.78, 5) is 19.4. The van der Waals surface area contributed by atoms with Gasteiger partial charge in [-0.15, -0.1) is 0 Å². The van der Waals surface area contributed by atoms with Gasteiger partial charge >= 0.3 is 0 Å². The van der Waals surface area contributed by atoms with Gasteiger partial charge in [-0.1, -0.05) is 18.2 Å². The van der Waals surface area contributed by atoms with Crippen molar-refractivity contribution < 1.29 is 9.52 Å². The van der Waals surface area contributed by atoms with E-state index < -0.39 is 0 Å². The van der Waals surface area contributed by atoms with E-state index in [0.717, 1.165) is 36.8 Å². The molecule has 0 radical (unpaired) electrons. The molecule has 10 nitrogen and oxygen atoms in total. The van der Waals surface area contributed by atoms with Crippen molar-refractivity contribution in [2.75, 3.05) is 49.5 Å². The number of aliphatic hydroxyl groups is 1. The van der Waals surface area contributed by atoms with Gasteiger partial charge in [0.1, 0.15) is 5.69 Å². The van der Waals surface area contributed by atoms with E-state index >= 15 is 0 Å². The molecule has 0 amide bonds. The molecular formula is C22H24N8O2S. The Morgan fingerprint density at radius 1 is 1.03 bits per heavy atom. The lowest BCUT2D eigenvalue weighted by Gasteiger charge is -2.34. The van der Waals surface area contributed by atoms with Crippen LogP contribution in [0.5, 0.6) is 0 Å². The number of piperazine rings is 1. The van der Waals surface area contributed by atoms with E-state index in [1.807, 2.05) is 48.5 Å². The van der Waals surface area contributed by atoms with Gasteiger partial charge in [0, 0.05) is 43.7 Å². The quantitative estimate of drug-likeness (QED) is 0.359. The highest BCUT2D eigenvalue weighted by Crippen LogP contribution is 2.28. The second kappa shape index (κ2) is 10.0. The Labute approximate surface area is 195 Å². The molecule has 4 heterocycles. The number of benzene rings is 1. The minimum atomic E-state index is 0.168. The number of β-amino-alcohol motifs (C(OH)–C–C–N with tert-alkyl or cyclic N) is 1. The molecule has 0 aliphatic carbocycles. The Morgan fingerprint density at radius 3 is 2.64 bits per heavy atom. The minimum absolute atomic E-state index is 0.168. The van der Waals surface area contributed by atoms with Gasteiger partial charge in [-0.25, -0.2) is 0 Å². The van der Waals surface area contributed by atoms with Crippen LogP contribution in [0.1, 0.15) is 0 Å². The fraction of sp³-hybridized carbons (Fsp3) is 0.273. The van der Waals surface area contributed by atoms with Crippen LogP contribution in [-0.4, -0.2) is 74.5 Å². The largest absolute Gasteiger partial charge is 0.463 e. The monoisotopic (exact) mass is 464 g/mol. The maximum absolute atomic E-state index is 9.20. The van der Waals surface area contributed by atoms with E-state index in [0.29, 0.717) is 35.2 Å². The Bertz CT molecular complexity index is 1160. The number of hydrogen-bond donors (Lipinski definition) is 3. The molecule has 5 rings (SSSR count). The van der Waals surface area contributed by atoms with Crippen molar-refractivity contribution in [2.45, 2.75) is 10.1 Å². The second-order valence-corrected chi connectivity index (χ2v) is 8.52. The van der Waals surface area contributed by atoms with Crippen molar-refractivity contribution in [3.63, 3.8) is 0 Å².